The molecule has 0 aliphatic carbocycles. The summed E-state index contributed by atoms with van der Waals surface area (Å²) in [4.78, 5) is 13.6. The van der Waals surface area contributed by atoms with E-state index in [0.717, 1.165) is 13.0 Å². The minimum atomic E-state index is 0.0615. The van der Waals surface area contributed by atoms with E-state index in [1.807, 2.05) is 18.2 Å². The molecule has 1 heterocycles. The van der Waals surface area contributed by atoms with Crippen molar-refractivity contribution in [3.8, 4) is 0 Å². The molecule has 1 saturated heterocycles. The fourth-order valence-corrected chi connectivity index (χ4v) is 2.22. The number of rotatable bonds is 5. The Labute approximate surface area is 103 Å². The fraction of sp³-hybridized carbons (Fsp3) is 0.500. The van der Waals surface area contributed by atoms with E-state index in [1.165, 1.54) is 25.1 Å². The van der Waals surface area contributed by atoms with Gasteiger partial charge in [-0.3, -0.25) is 4.79 Å². The summed E-state index contributed by atoms with van der Waals surface area (Å²) >= 11 is 0. The van der Waals surface area contributed by atoms with E-state index in [0.29, 0.717) is 0 Å². The van der Waals surface area contributed by atoms with Gasteiger partial charge in [-0.15, -0.1) is 0 Å². The highest BCUT2D eigenvalue weighted by atomic mass is 16.1. The van der Waals surface area contributed by atoms with Gasteiger partial charge in [-0.2, -0.15) is 0 Å². The summed E-state index contributed by atoms with van der Waals surface area (Å²) in [6, 6.07) is 10.6. The van der Waals surface area contributed by atoms with E-state index >= 15 is 0 Å². The van der Waals surface area contributed by atoms with E-state index in [4.69, 9.17) is 0 Å². The number of hydrogen-bond donors (Lipinski definition) is 1. The zero-order valence-electron chi connectivity index (χ0n) is 10.4. The number of carbonyl (C=O) groups is 1. The van der Waals surface area contributed by atoms with Crippen LogP contribution in [0.1, 0.15) is 18.9 Å². The van der Waals surface area contributed by atoms with Gasteiger partial charge in [-0.25, -0.2) is 0 Å². The molecular weight excluding hydrogens is 212 g/mol. The Morgan fingerprint density at radius 1 is 1.35 bits per heavy atom. The third-order valence-electron chi connectivity index (χ3n) is 3.16. The SMILES string of the molecule is CC(=O)NC(Cc1ccccc1)CN1CCC1. The average Bonchev–Trinajstić information content (AvgIpc) is 2.24. The van der Waals surface area contributed by atoms with Crippen molar-refractivity contribution in [1.29, 1.82) is 0 Å². The smallest absolute Gasteiger partial charge is 0.217 e. The maximum absolute atomic E-state index is 11.2. The van der Waals surface area contributed by atoms with Crippen molar-refractivity contribution < 1.29 is 4.79 Å². The van der Waals surface area contributed by atoms with Crippen LogP contribution in [0.25, 0.3) is 0 Å². The zero-order chi connectivity index (χ0) is 12.1. The molecule has 1 aromatic rings. The first-order chi connectivity index (χ1) is 8.24. The molecule has 3 nitrogen and oxygen atoms in total. The highest BCUT2D eigenvalue weighted by Gasteiger charge is 2.19. The second-order valence-corrected chi connectivity index (χ2v) is 4.74. The predicted octanol–water partition coefficient (Wildman–Crippen LogP) is 1.44. The van der Waals surface area contributed by atoms with Gasteiger partial charge in [0.15, 0.2) is 0 Å². The van der Waals surface area contributed by atoms with Crippen LogP contribution in [0.2, 0.25) is 0 Å². The van der Waals surface area contributed by atoms with Crippen molar-refractivity contribution in [3.05, 3.63) is 35.9 Å². The monoisotopic (exact) mass is 232 g/mol. The average molecular weight is 232 g/mol. The van der Waals surface area contributed by atoms with Gasteiger partial charge in [0.25, 0.3) is 0 Å². The largest absolute Gasteiger partial charge is 0.352 e. The lowest BCUT2D eigenvalue weighted by molar-refractivity contribution is -0.119. The van der Waals surface area contributed by atoms with Crippen LogP contribution in [-0.2, 0) is 11.2 Å². The highest BCUT2D eigenvalue weighted by Crippen LogP contribution is 2.10. The van der Waals surface area contributed by atoms with Crippen molar-refractivity contribution in [2.24, 2.45) is 0 Å². The minimum Gasteiger partial charge on any atom is -0.352 e. The van der Waals surface area contributed by atoms with Crippen LogP contribution in [-0.4, -0.2) is 36.5 Å². The molecule has 1 N–H and O–H groups in total. The molecule has 3 heteroatoms. The van der Waals surface area contributed by atoms with Crippen LogP contribution in [0.3, 0.4) is 0 Å². The quantitative estimate of drug-likeness (QED) is 0.833. The van der Waals surface area contributed by atoms with Gasteiger partial charge in [-0.1, -0.05) is 30.3 Å². The van der Waals surface area contributed by atoms with Gasteiger partial charge < -0.3 is 10.2 Å². The number of benzene rings is 1. The molecule has 1 atom stereocenters. The lowest BCUT2D eigenvalue weighted by Crippen LogP contribution is -2.48. The Balaban J connectivity index is 1.91. The maximum Gasteiger partial charge on any atom is 0.217 e. The van der Waals surface area contributed by atoms with Crippen LogP contribution in [0.5, 0.6) is 0 Å². The van der Waals surface area contributed by atoms with E-state index in [1.54, 1.807) is 6.92 Å². The molecule has 1 aliphatic heterocycles. The maximum atomic E-state index is 11.2. The Morgan fingerprint density at radius 3 is 2.59 bits per heavy atom. The number of likely N-dealkylation sites (tertiary alicyclic amines) is 1. The molecule has 1 aliphatic rings. The molecule has 1 aromatic carbocycles. The van der Waals surface area contributed by atoms with Crippen molar-refractivity contribution in [2.45, 2.75) is 25.8 Å². The number of nitrogens with zero attached hydrogens (tertiary/aromatic N) is 1. The van der Waals surface area contributed by atoms with Crippen molar-refractivity contribution in [3.63, 3.8) is 0 Å². The van der Waals surface area contributed by atoms with Gasteiger partial charge in [0, 0.05) is 19.5 Å². The van der Waals surface area contributed by atoms with Crippen molar-refractivity contribution in [1.82, 2.24) is 10.2 Å². The van der Waals surface area contributed by atoms with Gasteiger partial charge in [-0.05, 0) is 31.5 Å². The number of amides is 1. The van der Waals surface area contributed by atoms with Gasteiger partial charge in [0.2, 0.25) is 5.91 Å². The van der Waals surface area contributed by atoms with E-state index in [9.17, 15) is 4.79 Å². The topological polar surface area (TPSA) is 32.3 Å². The summed E-state index contributed by atoms with van der Waals surface area (Å²) in [5.41, 5.74) is 1.28. The normalized spacial score (nSPS) is 17.2. The lowest BCUT2D eigenvalue weighted by atomic mass is 10.0. The molecule has 2 rings (SSSR count). The summed E-state index contributed by atoms with van der Waals surface area (Å²) in [5, 5.41) is 3.05. The molecule has 0 spiro atoms. The first kappa shape index (κ1) is 12.1. The zero-order valence-corrected chi connectivity index (χ0v) is 10.4. The third-order valence-corrected chi connectivity index (χ3v) is 3.16. The molecule has 0 aromatic heterocycles. The molecule has 0 saturated carbocycles. The van der Waals surface area contributed by atoms with Crippen molar-refractivity contribution >= 4 is 5.91 Å². The summed E-state index contributed by atoms with van der Waals surface area (Å²) in [7, 11) is 0. The molecule has 1 amide bonds. The Bertz CT molecular complexity index is 360. The van der Waals surface area contributed by atoms with Crippen LogP contribution in [0.4, 0.5) is 0 Å². The van der Waals surface area contributed by atoms with Crippen LogP contribution in [0.15, 0.2) is 30.3 Å². The highest BCUT2D eigenvalue weighted by molar-refractivity contribution is 5.73. The lowest BCUT2D eigenvalue weighted by Gasteiger charge is -2.34. The van der Waals surface area contributed by atoms with Crippen LogP contribution < -0.4 is 5.32 Å². The van der Waals surface area contributed by atoms with E-state index < -0.39 is 0 Å². The Morgan fingerprint density at radius 2 is 2.06 bits per heavy atom. The molecular formula is C14H20N2O. The molecule has 0 bridgehead atoms. The van der Waals surface area contributed by atoms with Crippen LogP contribution in [0, 0.1) is 0 Å². The van der Waals surface area contributed by atoms with Gasteiger partial charge in [0.1, 0.15) is 0 Å². The number of nitrogens with one attached hydrogen (secondary N) is 1. The predicted molar refractivity (Wildman–Crippen MR) is 68.8 cm³/mol. The first-order valence-corrected chi connectivity index (χ1v) is 6.27. The summed E-state index contributed by atoms with van der Waals surface area (Å²) in [5.74, 6) is 0.0615. The first-order valence-electron chi connectivity index (χ1n) is 6.27. The molecule has 17 heavy (non-hydrogen) atoms. The molecule has 1 unspecified atom stereocenters. The van der Waals surface area contributed by atoms with Gasteiger partial charge >= 0.3 is 0 Å². The van der Waals surface area contributed by atoms with E-state index in [2.05, 4.69) is 22.3 Å². The number of hydrogen-bond acceptors (Lipinski definition) is 2. The number of carbonyl (C=O) groups excluding carboxylic acids is 1. The third kappa shape index (κ3) is 3.86. The summed E-state index contributed by atoms with van der Waals surface area (Å²) in [6.45, 7) is 4.90. The Kier molecular flexibility index (Phi) is 4.15. The Hall–Kier alpha value is -1.35. The van der Waals surface area contributed by atoms with E-state index in [-0.39, 0.29) is 11.9 Å². The molecule has 0 radical (unpaired) electrons. The van der Waals surface area contributed by atoms with Crippen LogP contribution >= 0.6 is 0 Å². The standard InChI is InChI=1S/C14H20N2O/c1-12(17)15-14(11-16-8-5-9-16)10-13-6-3-2-4-7-13/h2-4,6-7,14H,5,8-11H2,1H3,(H,15,17). The minimum absolute atomic E-state index is 0.0615. The summed E-state index contributed by atoms with van der Waals surface area (Å²) < 4.78 is 0. The van der Waals surface area contributed by atoms with Crippen molar-refractivity contribution in [2.75, 3.05) is 19.6 Å². The van der Waals surface area contributed by atoms with Gasteiger partial charge in [0.05, 0.1) is 0 Å². The molecule has 1 fully saturated rings. The second-order valence-electron chi connectivity index (χ2n) is 4.74. The summed E-state index contributed by atoms with van der Waals surface area (Å²) in [6.07, 6.45) is 2.20. The fourth-order valence-electron chi connectivity index (χ4n) is 2.22. The second kappa shape index (κ2) is 5.82. The molecule has 92 valence electrons.